The Morgan fingerprint density at radius 1 is 0.958 bits per heavy atom. The zero-order valence-electron chi connectivity index (χ0n) is 13.9. The van der Waals surface area contributed by atoms with Crippen molar-refractivity contribution < 1.29 is 14.3 Å². The predicted octanol–water partition coefficient (Wildman–Crippen LogP) is 4.41. The molecule has 0 aliphatic rings. The molecular formula is C20H21NO3. The summed E-state index contributed by atoms with van der Waals surface area (Å²) < 4.78 is 10.2. The van der Waals surface area contributed by atoms with Gasteiger partial charge in [-0.1, -0.05) is 12.1 Å². The van der Waals surface area contributed by atoms with Crippen molar-refractivity contribution in [2.24, 2.45) is 4.99 Å². The molecule has 2 aromatic carbocycles. The van der Waals surface area contributed by atoms with Crippen LogP contribution in [0.3, 0.4) is 0 Å². The molecule has 2 aromatic rings. The molecule has 0 fully saturated rings. The Kier molecular flexibility index (Phi) is 6.77. The summed E-state index contributed by atoms with van der Waals surface area (Å²) in [4.78, 5) is 15.7. The molecule has 0 atom stereocenters. The van der Waals surface area contributed by atoms with Gasteiger partial charge in [0.05, 0.1) is 18.9 Å². The molecule has 0 saturated heterocycles. The highest BCUT2D eigenvalue weighted by atomic mass is 16.5. The maximum Gasteiger partial charge on any atom is 0.330 e. The van der Waals surface area contributed by atoms with Gasteiger partial charge in [-0.15, -0.1) is 0 Å². The van der Waals surface area contributed by atoms with E-state index in [9.17, 15) is 4.79 Å². The van der Waals surface area contributed by atoms with Crippen LogP contribution in [-0.2, 0) is 9.53 Å². The number of ether oxygens (including phenoxy) is 2. The summed E-state index contributed by atoms with van der Waals surface area (Å²) in [7, 11) is 0. The van der Waals surface area contributed by atoms with Gasteiger partial charge >= 0.3 is 5.97 Å². The third-order valence-corrected chi connectivity index (χ3v) is 3.15. The minimum atomic E-state index is -0.338. The van der Waals surface area contributed by atoms with Crippen LogP contribution in [0.2, 0.25) is 0 Å². The monoisotopic (exact) mass is 323 g/mol. The van der Waals surface area contributed by atoms with Crippen molar-refractivity contribution >= 4 is 23.9 Å². The molecule has 0 aliphatic carbocycles. The second-order valence-electron chi connectivity index (χ2n) is 4.94. The number of hydrogen-bond acceptors (Lipinski definition) is 4. The SMILES string of the molecule is CCOC(=O)C=Cc1ccc(N=Cc2ccc(OCC)cc2)cc1. The minimum Gasteiger partial charge on any atom is -0.494 e. The van der Waals surface area contributed by atoms with Crippen molar-refractivity contribution in [3.8, 4) is 5.75 Å². The normalized spacial score (nSPS) is 11.1. The number of carbonyl (C=O) groups is 1. The number of nitrogens with zero attached hydrogens (tertiary/aromatic N) is 1. The van der Waals surface area contributed by atoms with Crippen molar-refractivity contribution in [1.29, 1.82) is 0 Å². The first-order valence-corrected chi connectivity index (χ1v) is 7.93. The van der Waals surface area contributed by atoms with Crippen molar-refractivity contribution in [2.75, 3.05) is 13.2 Å². The molecule has 0 unspecified atom stereocenters. The quantitative estimate of drug-likeness (QED) is 0.431. The lowest BCUT2D eigenvalue weighted by Crippen LogP contribution is -1.98. The van der Waals surface area contributed by atoms with Crippen LogP contribution in [0.25, 0.3) is 6.08 Å². The van der Waals surface area contributed by atoms with Crippen molar-refractivity contribution in [1.82, 2.24) is 0 Å². The Morgan fingerprint density at radius 2 is 1.62 bits per heavy atom. The van der Waals surface area contributed by atoms with E-state index >= 15 is 0 Å². The van der Waals surface area contributed by atoms with Gasteiger partial charge in [-0.3, -0.25) is 4.99 Å². The Morgan fingerprint density at radius 3 is 2.25 bits per heavy atom. The van der Waals surface area contributed by atoms with E-state index in [0.29, 0.717) is 13.2 Å². The van der Waals surface area contributed by atoms with Crippen molar-refractivity contribution in [3.05, 3.63) is 65.7 Å². The van der Waals surface area contributed by atoms with Gasteiger partial charge in [0.25, 0.3) is 0 Å². The van der Waals surface area contributed by atoms with Gasteiger partial charge in [0.15, 0.2) is 0 Å². The van der Waals surface area contributed by atoms with E-state index in [2.05, 4.69) is 4.99 Å². The van der Waals surface area contributed by atoms with Gasteiger partial charge in [0, 0.05) is 12.3 Å². The molecule has 0 heterocycles. The Bertz CT molecular complexity index is 701. The zero-order chi connectivity index (χ0) is 17.2. The lowest BCUT2D eigenvalue weighted by atomic mass is 10.2. The highest BCUT2D eigenvalue weighted by molar-refractivity contribution is 5.87. The second kappa shape index (κ2) is 9.30. The third kappa shape index (κ3) is 5.72. The van der Waals surface area contributed by atoms with E-state index in [1.807, 2.05) is 55.5 Å². The molecular weight excluding hydrogens is 302 g/mol. The van der Waals surface area contributed by atoms with E-state index < -0.39 is 0 Å². The molecule has 0 aromatic heterocycles. The number of hydrogen-bond donors (Lipinski definition) is 0. The van der Waals surface area contributed by atoms with Crippen LogP contribution in [0, 0.1) is 0 Å². The molecule has 0 N–H and O–H groups in total. The topological polar surface area (TPSA) is 47.9 Å². The van der Waals surface area contributed by atoms with E-state index in [1.54, 1.807) is 19.2 Å². The van der Waals surface area contributed by atoms with Gasteiger partial charge in [-0.05, 0) is 67.4 Å². The van der Waals surface area contributed by atoms with Gasteiger partial charge < -0.3 is 9.47 Å². The van der Waals surface area contributed by atoms with E-state index in [0.717, 1.165) is 22.6 Å². The molecule has 2 rings (SSSR count). The molecule has 0 aliphatic heterocycles. The average Bonchev–Trinajstić information content (AvgIpc) is 2.61. The fourth-order valence-corrected chi connectivity index (χ4v) is 1.99. The summed E-state index contributed by atoms with van der Waals surface area (Å²) in [5.74, 6) is 0.516. The van der Waals surface area contributed by atoms with Gasteiger partial charge in [-0.2, -0.15) is 0 Å². The highest BCUT2D eigenvalue weighted by Crippen LogP contribution is 2.15. The van der Waals surface area contributed by atoms with Crippen molar-refractivity contribution in [3.63, 3.8) is 0 Å². The molecule has 4 heteroatoms. The summed E-state index contributed by atoms with van der Waals surface area (Å²) in [6, 6.07) is 15.4. The summed E-state index contributed by atoms with van der Waals surface area (Å²) in [6.07, 6.45) is 4.94. The molecule has 0 radical (unpaired) electrons. The zero-order valence-corrected chi connectivity index (χ0v) is 13.9. The fourth-order valence-electron chi connectivity index (χ4n) is 1.99. The number of esters is 1. The Balaban J connectivity index is 1.96. The molecule has 124 valence electrons. The largest absolute Gasteiger partial charge is 0.494 e. The lowest BCUT2D eigenvalue weighted by molar-refractivity contribution is -0.137. The summed E-state index contributed by atoms with van der Waals surface area (Å²) in [5.41, 5.74) is 2.77. The maximum absolute atomic E-state index is 11.3. The first kappa shape index (κ1) is 17.5. The highest BCUT2D eigenvalue weighted by Gasteiger charge is 1.95. The van der Waals surface area contributed by atoms with Crippen LogP contribution < -0.4 is 4.74 Å². The summed E-state index contributed by atoms with van der Waals surface area (Å²) >= 11 is 0. The van der Waals surface area contributed by atoms with Crippen LogP contribution in [0.4, 0.5) is 5.69 Å². The number of benzene rings is 2. The van der Waals surface area contributed by atoms with Gasteiger partial charge in [0.2, 0.25) is 0 Å². The summed E-state index contributed by atoms with van der Waals surface area (Å²) in [5, 5.41) is 0. The first-order valence-electron chi connectivity index (χ1n) is 7.93. The van der Waals surface area contributed by atoms with Gasteiger partial charge in [0.1, 0.15) is 5.75 Å². The van der Waals surface area contributed by atoms with Crippen LogP contribution in [-0.4, -0.2) is 25.4 Å². The number of rotatable bonds is 7. The van der Waals surface area contributed by atoms with Crippen LogP contribution >= 0.6 is 0 Å². The van der Waals surface area contributed by atoms with Crippen LogP contribution in [0.15, 0.2) is 59.6 Å². The number of carbonyl (C=O) groups excluding carboxylic acids is 1. The standard InChI is InChI=1S/C20H21NO3/c1-3-23-19-12-7-17(8-13-19)15-21-18-10-5-16(6-11-18)9-14-20(22)24-4-2/h5-15H,3-4H2,1-2H3. The predicted molar refractivity (Wildman–Crippen MR) is 97.0 cm³/mol. The van der Waals surface area contributed by atoms with E-state index in [-0.39, 0.29) is 5.97 Å². The molecule has 0 spiro atoms. The minimum absolute atomic E-state index is 0.338. The molecule has 0 amide bonds. The van der Waals surface area contributed by atoms with E-state index in [1.165, 1.54) is 6.08 Å². The smallest absolute Gasteiger partial charge is 0.330 e. The second-order valence-corrected chi connectivity index (χ2v) is 4.94. The first-order chi connectivity index (χ1) is 11.7. The fraction of sp³-hybridized carbons (Fsp3) is 0.200. The van der Waals surface area contributed by atoms with Crippen molar-refractivity contribution in [2.45, 2.75) is 13.8 Å². The Hall–Kier alpha value is -2.88. The summed E-state index contributed by atoms with van der Waals surface area (Å²) in [6.45, 7) is 4.77. The lowest BCUT2D eigenvalue weighted by Gasteiger charge is -2.02. The number of aliphatic imine (C=N–C) groups is 1. The maximum atomic E-state index is 11.3. The van der Waals surface area contributed by atoms with Crippen LogP contribution in [0.1, 0.15) is 25.0 Å². The molecule has 0 saturated carbocycles. The van der Waals surface area contributed by atoms with Gasteiger partial charge in [-0.25, -0.2) is 4.79 Å². The molecule has 4 nitrogen and oxygen atoms in total. The molecule has 24 heavy (non-hydrogen) atoms. The molecule has 0 bridgehead atoms. The van der Waals surface area contributed by atoms with E-state index in [4.69, 9.17) is 9.47 Å². The third-order valence-electron chi connectivity index (χ3n) is 3.15. The van der Waals surface area contributed by atoms with Crippen LogP contribution in [0.5, 0.6) is 5.75 Å². The Labute approximate surface area is 142 Å². The average molecular weight is 323 g/mol.